The third kappa shape index (κ3) is 3.51. The molecule has 1 heterocycles. The molecule has 0 spiro atoms. The fourth-order valence-corrected chi connectivity index (χ4v) is 1.97. The number of carbonyl (C=O) groups is 2. The molecule has 2 rings (SSSR count). The third-order valence-electron chi connectivity index (χ3n) is 3.10. The average Bonchev–Trinajstić information content (AvgIpc) is 2.96. The maximum absolute atomic E-state index is 10.7. The van der Waals surface area contributed by atoms with Gasteiger partial charge in [0.1, 0.15) is 11.9 Å². The van der Waals surface area contributed by atoms with Gasteiger partial charge in [-0.05, 0) is 17.7 Å². The molecule has 0 saturated heterocycles. The van der Waals surface area contributed by atoms with Gasteiger partial charge in [-0.2, -0.15) is 0 Å². The molecule has 0 aliphatic carbocycles. The van der Waals surface area contributed by atoms with Crippen LogP contribution >= 0.6 is 0 Å². The molecule has 2 atom stereocenters. The molecule has 0 aliphatic rings. The minimum atomic E-state index is -1.41. The van der Waals surface area contributed by atoms with Crippen LogP contribution in [0.2, 0.25) is 0 Å². The Morgan fingerprint density at radius 3 is 2.14 bits per heavy atom. The first-order valence-electron chi connectivity index (χ1n) is 6.40. The molecular weight excluding hydrogens is 292 g/mol. The minimum Gasteiger partial charge on any atom is -0.481 e. The van der Waals surface area contributed by atoms with Crippen LogP contribution in [0.15, 0.2) is 40.8 Å². The number of carboxylic acids is 2. The Kier molecular flexibility index (Phi) is 4.59. The number of benzene rings is 1. The summed E-state index contributed by atoms with van der Waals surface area (Å²) in [6.07, 6.45) is -3.30. The molecule has 0 aliphatic heterocycles. The molecule has 0 bridgehead atoms. The van der Waals surface area contributed by atoms with E-state index in [1.165, 1.54) is 24.3 Å². The lowest BCUT2D eigenvalue weighted by Gasteiger charge is -2.16. The van der Waals surface area contributed by atoms with Crippen molar-refractivity contribution in [3.8, 4) is 11.3 Å². The number of aromatic carboxylic acids is 1. The average molecular weight is 306 g/mol. The van der Waals surface area contributed by atoms with Gasteiger partial charge in [-0.15, -0.1) is 0 Å². The maximum Gasteiger partial charge on any atom is 0.371 e. The van der Waals surface area contributed by atoms with E-state index in [0.717, 1.165) is 0 Å². The van der Waals surface area contributed by atoms with Crippen LogP contribution in [0.1, 0.15) is 28.6 Å². The summed E-state index contributed by atoms with van der Waals surface area (Å²) in [6.45, 7) is 0. The van der Waals surface area contributed by atoms with Crippen molar-refractivity contribution >= 4 is 11.9 Å². The zero-order valence-corrected chi connectivity index (χ0v) is 11.3. The number of aliphatic hydroxyl groups excluding tert-OH is 2. The highest BCUT2D eigenvalue weighted by Crippen LogP contribution is 2.25. The van der Waals surface area contributed by atoms with Gasteiger partial charge < -0.3 is 24.8 Å². The molecule has 4 N–H and O–H groups in total. The molecule has 0 amide bonds. The molecule has 2 unspecified atom stereocenters. The summed E-state index contributed by atoms with van der Waals surface area (Å²) >= 11 is 0. The van der Waals surface area contributed by atoms with Gasteiger partial charge in [0.25, 0.3) is 0 Å². The molecule has 116 valence electrons. The van der Waals surface area contributed by atoms with Crippen LogP contribution < -0.4 is 0 Å². The van der Waals surface area contributed by atoms with E-state index >= 15 is 0 Å². The lowest BCUT2D eigenvalue weighted by Crippen LogP contribution is -2.21. The van der Waals surface area contributed by atoms with Gasteiger partial charge in [-0.3, -0.25) is 4.79 Å². The fraction of sp³-hybridized carbons (Fsp3) is 0.200. The molecule has 1 aromatic carbocycles. The van der Waals surface area contributed by atoms with Crippen molar-refractivity contribution in [2.75, 3.05) is 0 Å². The zero-order chi connectivity index (χ0) is 16.3. The van der Waals surface area contributed by atoms with Crippen molar-refractivity contribution in [1.82, 2.24) is 0 Å². The Morgan fingerprint density at radius 1 is 1.00 bits per heavy atom. The monoisotopic (exact) mass is 306 g/mol. The molecule has 7 heteroatoms. The normalized spacial score (nSPS) is 13.5. The number of carboxylic acid groups (broad SMARTS) is 2. The van der Waals surface area contributed by atoms with Gasteiger partial charge in [0.2, 0.25) is 5.76 Å². The molecule has 0 fully saturated rings. The third-order valence-corrected chi connectivity index (χ3v) is 3.10. The molecular formula is C15H14O7. The van der Waals surface area contributed by atoms with Crippen LogP contribution in [0.25, 0.3) is 11.3 Å². The molecule has 0 saturated carbocycles. The number of hydrogen-bond donors (Lipinski definition) is 4. The van der Waals surface area contributed by atoms with Gasteiger partial charge in [0.05, 0.1) is 12.5 Å². The zero-order valence-electron chi connectivity index (χ0n) is 11.3. The quantitative estimate of drug-likeness (QED) is 0.636. The summed E-state index contributed by atoms with van der Waals surface area (Å²) in [4.78, 5) is 21.3. The molecule has 22 heavy (non-hydrogen) atoms. The maximum atomic E-state index is 10.7. The van der Waals surface area contributed by atoms with Crippen molar-refractivity contribution in [2.45, 2.75) is 18.6 Å². The van der Waals surface area contributed by atoms with E-state index in [1.54, 1.807) is 12.1 Å². The molecule has 2 aromatic rings. The Hall–Kier alpha value is -2.64. The van der Waals surface area contributed by atoms with Gasteiger partial charge >= 0.3 is 11.9 Å². The van der Waals surface area contributed by atoms with Crippen molar-refractivity contribution < 1.29 is 34.4 Å². The Balaban J connectivity index is 2.15. The van der Waals surface area contributed by atoms with E-state index in [9.17, 15) is 19.8 Å². The van der Waals surface area contributed by atoms with E-state index in [0.29, 0.717) is 16.9 Å². The first-order valence-corrected chi connectivity index (χ1v) is 6.40. The largest absolute Gasteiger partial charge is 0.481 e. The predicted octanol–water partition coefficient (Wildman–Crippen LogP) is 1.51. The first kappa shape index (κ1) is 15.7. The summed E-state index contributed by atoms with van der Waals surface area (Å²) in [7, 11) is 0. The highest BCUT2D eigenvalue weighted by atomic mass is 16.4. The number of aliphatic hydroxyl groups is 2. The SMILES string of the molecule is O=C(O)CC(O)C(O)c1ccc(-c2ccc(C(=O)O)o2)cc1. The van der Waals surface area contributed by atoms with Gasteiger partial charge in [0.15, 0.2) is 0 Å². The first-order chi connectivity index (χ1) is 10.4. The molecule has 7 nitrogen and oxygen atoms in total. The summed E-state index contributed by atoms with van der Waals surface area (Å²) in [5.74, 6) is -2.21. The standard InChI is InChI=1S/C15H14O7/c16-10(7-13(17)18)14(19)9-3-1-8(2-4-9)11-5-6-12(22-11)15(20)21/h1-6,10,14,16,19H,7H2,(H,17,18)(H,20,21). The molecule has 0 radical (unpaired) electrons. The van der Waals surface area contributed by atoms with E-state index in [1.807, 2.05) is 0 Å². The Bertz CT molecular complexity index is 671. The highest BCUT2D eigenvalue weighted by molar-refractivity contribution is 5.85. The van der Waals surface area contributed by atoms with Crippen LogP contribution in [0.5, 0.6) is 0 Å². The van der Waals surface area contributed by atoms with Crippen molar-refractivity contribution in [3.63, 3.8) is 0 Å². The number of hydrogen-bond acceptors (Lipinski definition) is 5. The number of rotatable bonds is 6. The van der Waals surface area contributed by atoms with Gasteiger partial charge in [0, 0.05) is 5.56 Å². The summed E-state index contributed by atoms with van der Waals surface area (Å²) in [5, 5.41) is 36.8. The highest BCUT2D eigenvalue weighted by Gasteiger charge is 2.21. The van der Waals surface area contributed by atoms with Crippen LogP contribution in [0, 0.1) is 0 Å². The number of furan rings is 1. The lowest BCUT2D eigenvalue weighted by molar-refractivity contribution is -0.141. The van der Waals surface area contributed by atoms with E-state index in [4.69, 9.17) is 14.6 Å². The Labute approximate surface area is 125 Å². The van der Waals surface area contributed by atoms with Crippen LogP contribution in [0.4, 0.5) is 0 Å². The van der Waals surface area contributed by atoms with Gasteiger partial charge in [-0.25, -0.2) is 4.79 Å². The summed E-state index contributed by atoms with van der Waals surface area (Å²) in [6, 6.07) is 9.01. The second-order valence-electron chi connectivity index (χ2n) is 4.70. The smallest absolute Gasteiger partial charge is 0.371 e. The van der Waals surface area contributed by atoms with E-state index in [2.05, 4.69) is 0 Å². The minimum absolute atomic E-state index is 0.184. The fourth-order valence-electron chi connectivity index (χ4n) is 1.97. The van der Waals surface area contributed by atoms with Gasteiger partial charge in [-0.1, -0.05) is 24.3 Å². The van der Waals surface area contributed by atoms with E-state index < -0.39 is 30.6 Å². The molecule has 1 aromatic heterocycles. The Morgan fingerprint density at radius 2 is 1.64 bits per heavy atom. The van der Waals surface area contributed by atoms with E-state index in [-0.39, 0.29) is 5.76 Å². The van der Waals surface area contributed by atoms with Crippen molar-refractivity contribution in [3.05, 3.63) is 47.7 Å². The second-order valence-corrected chi connectivity index (χ2v) is 4.70. The van der Waals surface area contributed by atoms with Crippen molar-refractivity contribution in [1.29, 1.82) is 0 Å². The van der Waals surface area contributed by atoms with Crippen LogP contribution in [-0.2, 0) is 4.79 Å². The predicted molar refractivity (Wildman–Crippen MR) is 74.3 cm³/mol. The summed E-state index contributed by atoms with van der Waals surface area (Å²) < 4.78 is 5.14. The van der Waals surface area contributed by atoms with Crippen LogP contribution in [-0.4, -0.2) is 38.5 Å². The topological polar surface area (TPSA) is 128 Å². The lowest BCUT2D eigenvalue weighted by atomic mass is 10.0. The second kappa shape index (κ2) is 6.42. The van der Waals surface area contributed by atoms with Crippen molar-refractivity contribution in [2.24, 2.45) is 0 Å². The summed E-state index contributed by atoms with van der Waals surface area (Å²) in [5.41, 5.74) is 0.943. The number of aliphatic carboxylic acids is 1. The van der Waals surface area contributed by atoms with Crippen LogP contribution in [0.3, 0.4) is 0 Å².